The number of nitrogens with one attached hydrogen (secondary N) is 2. The number of anilines is 1. The van der Waals surface area contributed by atoms with Crippen molar-refractivity contribution in [2.45, 2.75) is 20.3 Å². The lowest BCUT2D eigenvalue weighted by molar-refractivity contribution is 0.0997. The highest BCUT2D eigenvalue weighted by atomic mass is 35.5. The van der Waals surface area contributed by atoms with Gasteiger partial charge in [-0.25, -0.2) is 0 Å². The quantitative estimate of drug-likeness (QED) is 0.770. The van der Waals surface area contributed by atoms with E-state index in [-0.39, 0.29) is 11.7 Å². The van der Waals surface area contributed by atoms with Crippen molar-refractivity contribution >= 4 is 34.3 Å². The number of H-pyrrole nitrogens is 1. The van der Waals surface area contributed by atoms with E-state index in [4.69, 9.17) is 16.0 Å². The number of carbonyl (C=O) groups excluding carboxylic acids is 1. The van der Waals surface area contributed by atoms with Gasteiger partial charge in [0, 0.05) is 27.7 Å². The van der Waals surface area contributed by atoms with Crippen molar-refractivity contribution in [2.24, 2.45) is 0 Å². The molecule has 0 saturated carbocycles. The van der Waals surface area contributed by atoms with Gasteiger partial charge < -0.3 is 9.73 Å². The van der Waals surface area contributed by atoms with E-state index in [2.05, 4.69) is 15.5 Å². The van der Waals surface area contributed by atoms with Crippen LogP contribution in [0.5, 0.6) is 0 Å². The normalized spacial score (nSPS) is 11.0. The van der Waals surface area contributed by atoms with E-state index in [0.717, 1.165) is 23.1 Å². The number of aromatic amines is 1. The largest absolute Gasteiger partial charge is 0.451 e. The average Bonchev–Trinajstić information content (AvgIpc) is 3.04. The molecular weight excluding hydrogens is 290 g/mol. The molecule has 5 nitrogen and oxygen atoms in total. The van der Waals surface area contributed by atoms with Crippen molar-refractivity contribution in [2.75, 3.05) is 5.32 Å². The van der Waals surface area contributed by atoms with E-state index in [9.17, 15) is 4.79 Å². The van der Waals surface area contributed by atoms with Gasteiger partial charge in [0.05, 0.1) is 0 Å². The van der Waals surface area contributed by atoms with E-state index < -0.39 is 0 Å². The molecule has 0 atom stereocenters. The molecular formula is C15H14ClN3O2. The summed E-state index contributed by atoms with van der Waals surface area (Å²) in [6, 6.07) is 7.07. The number of halogens is 1. The first-order chi connectivity index (χ1) is 10.1. The Morgan fingerprint density at radius 2 is 2.24 bits per heavy atom. The smallest absolute Gasteiger partial charge is 0.292 e. The molecule has 0 bridgehead atoms. The molecule has 0 aliphatic rings. The second-order valence-electron chi connectivity index (χ2n) is 4.78. The zero-order valence-electron chi connectivity index (χ0n) is 11.7. The van der Waals surface area contributed by atoms with E-state index >= 15 is 0 Å². The number of fused-ring (bicyclic) bond motifs is 1. The van der Waals surface area contributed by atoms with Crippen LogP contribution < -0.4 is 5.32 Å². The monoisotopic (exact) mass is 303 g/mol. The zero-order chi connectivity index (χ0) is 15.0. The molecule has 0 unspecified atom stereocenters. The van der Waals surface area contributed by atoms with Gasteiger partial charge in [0.2, 0.25) is 0 Å². The van der Waals surface area contributed by atoms with Crippen molar-refractivity contribution in [3.8, 4) is 0 Å². The lowest BCUT2D eigenvalue weighted by atomic mass is 10.1. The summed E-state index contributed by atoms with van der Waals surface area (Å²) in [4.78, 5) is 12.3. The molecule has 6 heteroatoms. The van der Waals surface area contributed by atoms with Gasteiger partial charge in [0.25, 0.3) is 5.91 Å². The molecule has 0 fully saturated rings. The van der Waals surface area contributed by atoms with Crippen molar-refractivity contribution in [1.82, 2.24) is 10.2 Å². The minimum Gasteiger partial charge on any atom is -0.451 e. The van der Waals surface area contributed by atoms with Crippen molar-refractivity contribution in [3.05, 3.63) is 46.3 Å². The van der Waals surface area contributed by atoms with Gasteiger partial charge in [-0.2, -0.15) is 5.10 Å². The SMILES string of the molecule is CCc1cc(NC(=O)c2oc3ccc(Cl)cc3c2C)n[nH]1. The van der Waals surface area contributed by atoms with E-state index in [0.29, 0.717) is 16.4 Å². The molecule has 2 aromatic heterocycles. The Labute approximate surface area is 126 Å². The van der Waals surface area contributed by atoms with Crippen LogP contribution in [0.15, 0.2) is 28.7 Å². The predicted molar refractivity (Wildman–Crippen MR) is 81.9 cm³/mol. The molecule has 0 radical (unpaired) electrons. The summed E-state index contributed by atoms with van der Waals surface area (Å²) >= 11 is 5.97. The summed E-state index contributed by atoms with van der Waals surface area (Å²) in [5, 5.41) is 11.0. The number of hydrogen-bond donors (Lipinski definition) is 2. The van der Waals surface area contributed by atoms with Gasteiger partial charge >= 0.3 is 0 Å². The van der Waals surface area contributed by atoms with Crippen LogP contribution in [0.4, 0.5) is 5.82 Å². The first-order valence-electron chi connectivity index (χ1n) is 6.62. The maximum atomic E-state index is 12.3. The molecule has 0 aliphatic carbocycles. The number of benzene rings is 1. The van der Waals surface area contributed by atoms with Gasteiger partial charge in [-0.05, 0) is 31.5 Å². The Kier molecular flexibility index (Phi) is 3.43. The number of hydrogen-bond acceptors (Lipinski definition) is 3. The Hall–Kier alpha value is -2.27. The van der Waals surface area contributed by atoms with Crippen LogP contribution in [0.3, 0.4) is 0 Å². The molecule has 0 aliphatic heterocycles. The van der Waals surface area contributed by atoms with Gasteiger partial charge in [0.1, 0.15) is 5.58 Å². The number of carbonyl (C=O) groups is 1. The van der Waals surface area contributed by atoms with Gasteiger partial charge in [-0.1, -0.05) is 18.5 Å². The lowest BCUT2D eigenvalue weighted by Gasteiger charge is -1.99. The Morgan fingerprint density at radius 1 is 1.43 bits per heavy atom. The van der Waals surface area contributed by atoms with Crippen molar-refractivity contribution in [3.63, 3.8) is 0 Å². The van der Waals surface area contributed by atoms with E-state index in [1.165, 1.54) is 0 Å². The number of amides is 1. The fourth-order valence-corrected chi connectivity index (χ4v) is 2.36. The Morgan fingerprint density at radius 3 is 2.95 bits per heavy atom. The fraction of sp³-hybridized carbons (Fsp3) is 0.200. The van der Waals surface area contributed by atoms with Crippen LogP contribution in [-0.2, 0) is 6.42 Å². The first kappa shape index (κ1) is 13.7. The summed E-state index contributed by atoms with van der Waals surface area (Å²) < 4.78 is 5.61. The second kappa shape index (κ2) is 5.26. The van der Waals surface area contributed by atoms with Crippen LogP contribution in [0.25, 0.3) is 11.0 Å². The average molecular weight is 304 g/mol. The van der Waals surface area contributed by atoms with Crippen LogP contribution in [0, 0.1) is 6.92 Å². The highest BCUT2D eigenvalue weighted by Crippen LogP contribution is 2.28. The second-order valence-corrected chi connectivity index (χ2v) is 5.22. The molecule has 2 heterocycles. The van der Waals surface area contributed by atoms with E-state index in [1.54, 1.807) is 24.3 Å². The molecule has 108 valence electrons. The summed E-state index contributed by atoms with van der Waals surface area (Å²) in [7, 11) is 0. The Balaban J connectivity index is 1.92. The maximum absolute atomic E-state index is 12.3. The minimum atomic E-state index is -0.325. The standard InChI is InChI=1S/C15H14ClN3O2/c1-3-10-7-13(19-18-10)17-15(20)14-8(2)11-6-9(16)4-5-12(11)21-14/h4-7H,3H2,1-2H3,(H2,17,18,19,20). The first-order valence-corrected chi connectivity index (χ1v) is 7.00. The third kappa shape index (κ3) is 2.52. The number of rotatable bonds is 3. The fourth-order valence-electron chi connectivity index (χ4n) is 2.19. The van der Waals surface area contributed by atoms with Crippen molar-refractivity contribution < 1.29 is 9.21 Å². The molecule has 3 aromatic rings. The topological polar surface area (TPSA) is 70.9 Å². The van der Waals surface area contributed by atoms with Gasteiger partial charge in [0.15, 0.2) is 11.6 Å². The highest BCUT2D eigenvalue weighted by molar-refractivity contribution is 6.31. The molecule has 2 N–H and O–H groups in total. The number of aromatic nitrogens is 2. The van der Waals surface area contributed by atoms with Crippen LogP contribution in [0.1, 0.15) is 28.7 Å². The maximum Gasteiger partial charge on any atom is 0.292 e. The molecule has 0 saturated heterocycles. The molecule has 21 heavy (non-hydrogen) atoms. The van der Waals surface area contributed by atoms with E-state index in [1.807, 2.05) is 13.8 Å². The third-order valence-electron chi connectivity index (χ3n) is 3.36. The van der Waals surface area contributed by atoms with Crippen LogP contribution in [0.2, 0.25) is 5.02 Å². The molecule has 3 rings (SSSR count). The van der Waals surface area contributed by atoms with Crippen LogP contribution in [-0.4, -0.2) is 16.1 Å². The third-order valence-corrected chi connectivity index (χ3v) is 3.59. The molecule has 1 aromatic carbocycles. The summed E-state index contributed by atoms with van der Waals surface area (Å²) in [5.74, 6) is 0.428. The van der Waals surface area contributed by atoms with Gasteiger partial charge in [-0.3, -0.25) is 9.89 Å². The number of nitrogens with zero attached hydrogens (tertiary/aromatic N) is 1. The minimum absolute atomic E-state index is 0.272. The zero-order valence-corrected chi connectivity index (χ0v) is 12.4. The summed E-state index contributed by atoms with van der Waals surface area (Å²) in [6.07, 6.45) is 0.824. The highest BCUT2D eigenvalue weighted by Gasteiger charge is 2.18. The predicted octanol–water partition coefficient (Wildman–Crippen LogP) is 3.93. The molecule has 0 spiro atoms. The molecule has 1 amide bonds. The Bertz CT molecular complexity index is 820. The number of furan rings is 1. The van der Waals surface area contributed by atoms with Crippen molar-refractivity contribution in [1.29, 1.82) is 0 Å². The summed E-state index contributed by atoms with van der Waals surface area (Å²) in [5.41, 5.74) is 2.35. The van der Waals surface area contributed by atoms with Gasteiger partial charge in [-0.15, -0.1) is 0 Å². The summed E-state index contributed by atoms with van der Waals surface area (Å²) in [6.45, 7) is 3.84. The van der Waals surface area contributed by atoms with Crippen LogP contribution >= 0.6 is 11.6 Å². The lowest BCUT2D eigenvalue weighted by Crippen LogP contribution is -2.12. The number of aryl methyl sites for hydroxylation is 2.